The zero-order valence-corrected chi connectivity index (χ0v) is 5.93. The Hall–Kier alpha value is -0.735. The Morgan fingerprint density at radius 2 is 1.75 bits per heavy atom. The molecule has 1 nitrogen and oxygen atoms in total. The molecule has 0 saturated carbocycles. The van der Waals surface area contributed by atoms with E-state index >= 15 is 0 Å². The zero-order chi connectivity index (χ0) is 9.19. The normalized spacial score (nSPS) is 10.2. The van der Waals surface area contributed by atoms with Crippen molar-refractivity contribution in [3.8, 4) is 0 Å². The van der Waals surface area contributed by atoms with Gasteiger partial charge in [0.05, 0.1) is 0 Å². The van der Waals surface area contributed by atoms with Crippen LogP contribution in [0.25, 0.3) is 0 Å². The fraction of sp³-hybridized carbons (Fsp3) is 0.200. The fourth-order valence-corrected chi connectivity index (χ4v) is 0.753. The summed E-state index contributed by atoms with van der Waals surface area (Å²) in [6.45, 7) is 4.32. The summed E-state index contributed by atoms with van der Waals surface area (Å²) in [5.41, 5.74) is -0.329. The van der Waals surface area contributed by atoms with Gasteiger partial charge in [0.15, 0.2) is 0 Å². The topological polar surface area (TPSA) is 17.1 Å². The third-order valence-electron chi connectivity index (χ3n) is 1.29. The number of hydrogen-bond acceptors (Lipinski definition) is 1. The van der Waals surface area contributed by atoms with Crippen LogP contribution in [0.2, 0.25) is 0 Å². The van der Waals surface area contributed by atoms with Crippen LogP contribution in [-0.4, -0.2) is 32.2 Å². The molecule has 0 atom stereocenters. The molecule has 1 heterocycles. The van der Waals surface area contributed by atoms with E-state index in [4.69, 9.17) is 0 Å². The molecule has 0 amide bonds. The molecule has 12 heavy (non-hydrogen) atoms. The summed E-state index contributed by atoms with van der Waals surface area (Å²) in [6, 6.07) is 0. The van der Waals surface area contributed by atoms with E-state index in [0.29, 0.717) is 0 Å². The molecule has 0 radical (unpaired) electrons. The molecule has 0 aliphatic heterocycles. The van der Waals surface area contributed by atoms with Gasteiger partial charge in [-0.05, 0) is 0 Å². The first-order chi connectivity index (χ1) is 5.52. The van der Waals surface area contributed by atoms with E-state index in [1.54, 1.807) is 6.68 Å². The molecule has 0 saturated heterocycles. The predicted octanol–water partition coefficient (Wildman–Crippen LogP) is 0.446. The number of halogens is 3. The van der Waals surface area contributed by atoms with Crippen molar-refractivity contribution < 1.29 is 18.0 Å². The molecule has 0 bridgehead atoms. The summed E-state index contributed by atoms with van der Waals surface area (Å²) < 4.78 is 35.4. The van der Waals surface area contributed by atoms with Gasteiger partial charge in [-0.1, -0.05) is 0 Å². The Bertz CT molecular complexity index is 284. The van der Waals surface area contributed by atoms with Gasteiger partial charge in [-0.25, -0.2) is 0 Å². The number of rotatable bonds is 1. The summed E-state index contributed by atoms with van der Waals surface area (Å²) in [4.78, 5) is 10.5. The Balaban J connectivity index is 2.94. The van der Waals surface area contributed by atoms with Gasteiger partial charge in [0, 0.05) is 0 Å². The van der Waals surface area contributed by atoms with Crippen molar-refractivity contribution in [1.82, 2.24) is 0 Å². The Kier molecular flexibility index (Phi) is 2.60. The van der Waals surface area contributed by atoms with Gasteiger partial charge < -0.3 is 0 Å². The summed E-state index contributed by atoms with van der Waals surface area (Å²) in [5.74, 6) is 0.467. The first-order valence-corrected chi connectivity index (χ1v) is 3.18. The van der Waals surface area contributed by atoms with Crippen LogP contribution in [0, 0.1) is 0 Å². The monoisotopic (exact) mass is 168 g/mol. The van der Waals surface area contributed by atoms with Crippen LogP contribution in [0.3, 0.4) is 0 Å². The maximum atomic E-state index is 11.8. The van der Waals surface area contributed by atoms with Crippen molar-refractivity contribution in [1.29, 1.82) is 0 Å². The molecule has 1 rings (SSSR count). The van der Waals surface area contributed by atoms with Crippen molar-refractivity contribution in [2.24, 2.45) is 0 Å². The van der Waals surface area contributed by atoms with Crippen molar-refractivity contribution in [3.05, 3.63) is 17.5 Å². The molecule has 0 aliphatic carbocycles. The Morgan fingerprint density at radius 1 is 1.25 bits per heavy atom. The number of carbonyl (C=O) groups excluding carboxylic acids is 1. The molecule has 0 N–H and O–H groups in total. The van der Waals surface area contributed by atoms with E-state index in [9.17, 15) is 18.0 Å². The molecule has 1 aromatic rings. The Morgan fingerprint density at radius 3 is 2.17 bits per heavy atom. The fourth-order valence-electron chi connectivity index (χ4n) is 0.753. The standard InChI is InChI=1S/C5H2B3F3O/c9-5(10,11)4(12)3-1-6-8-7-2-3/h1-2H. The number of Topliss-reactive ketones (excluding diaryl/α,β-unsaturated/α-hetero) is 1. The number of carbonyl (C=O) groups is 1. The van der Waals surface area contributed by atoms with E-state index in [1.807, 2.05) is 0 Å². The van der Waals surface area contributed by atoms with E-state index in [0.717, 1.165) is 11.9 Å². The van der Waals surface area contributed by atoms with Crippen LogP contribution in [0.15, 0.2) is 11.9 Å². The summed E-state index contributed by atoms with van der Waals surface area (Å²) in [6.07, 6.45) is -4.78. The SMILES string of the molecule is O=C(c1cbbbc1)C(F)(F)F. The van der Waals surface area contributed by atoms with Gasteiger partial charge in [-0.15, -0.1) is 0 Å². The van der Waals surface area contributed by atoms with Crippen molar-refractivity contribution in [3.63, 3.8) is 0 Å². The van der Waals surface area contributed by atoms with Crippen LogP contribution in [0.4, 0.5) is 13.2 Å². The van der Waals surface area contributed by atoms with Gasteiger partial charge in [0.25, 0.3) is 0 Å². The molecular formula is C5H2B3F3O. The molecular weight excluding hydrogens is 165 g/mol. The number of ketones is 1. The van der Waals surface area contributed by atoms with Crippen molar-refractivity contribution >= 4 is 26.1 Å². The van der Waals surface area contributed by atoms with Gasteiger partial charge in [0.2, 0.25) is 0 Å². The number of alkyl halides is 3. The van der Waals surface area contributed by atoms with Gasteiger partial charge in [-0.2, -0.15) is 0 Å². The zero-order valence-electron chi connectivity index (χ0n) is 5.93. The number of hydrogen-bond donors (Lipinski definition) is 0. The molecule has 7 heteroatoms. The van der Waals surface area contributed by atoms with E-state index in [2.05, 4.69) is 0 Å². The second-order valence-corrected chi connectivity index (χ2v) is 2.19. The van der Waals surface area contributed by atoms with Crippen LogP contribution in [-0.2, 0) is 0 Å². The molecule has 0 aliphatic rings. The van der Waals surface area contributed by atoms with Crippen LogP contribution < -0.4 is 0 Å². The first kappa shape index (κ1) is 9.35. The molecule has 0 unspecified atom stereocenters. The molecule has 1 aromatic heterocycles. The van der Waals surface area contributed by atoms with E-state index in [1.165, 1.54) is 13.6 Å². The maximum absolute atomic E-state index is 11.8. The van der Waals surface area contributed by atoms with Crippen LogP contribution in [0.1, 0.15) is 10.4 Å². The molecule has 0 aromatic carbocycles. The summed E-state index contributed by atoms with van der Waals surface area (Å²) in [5, 5.41) is 0. The summed E-state index contributed by atoms with van der Waals surface area (Å²) in [7, 11) is 0. The van der Waals surface area contributed by atoms with Crippen molar-refractivity contribution in [2.75, 3.05) is 0 Å². The Labute approximate surface area is 68.6 Å². The average molecular weight is 167 g/mol. The second-order valence-electron chi connectivity index (χ2n) is 2.19. The van der Waals surface area contributed by atoms with E-state index in [-0.39, 0.29) is 5.56 Å². The predicted molar refractivity (Wildman–Crippen MR) is 40.9 cm³/mol. The van der Waals surface area contributed by atoms with Gasteiger partial charge in [-0.3, -0.25) is 0 Å². The summed E-state index contributed by atoms with van der Waals surface area (Å²) >= 11 is 0. The minimum absolute atomic E-state index is 0.329. The van der Waals surface area contributed by atoms with Gasteiger partial charge >= 0.3 is 67.7 Å². The molecule has 58 valence electrons. The average Bonchev–Trinajstić information content (AvgIpc) is 2.03. The molecule has 0 fully saturated rings. The molecule has 0 spiro atoms. The first-order valence-electron chi connectivity index (χ1n) is 3.18. The van der Waals surface area contributed by atoms with Crippen LogP contribution >= 0.6 is 0 Å². The third-order valence-corrected chi connectivity index (χ3v) is 1.29. The second kappa shape index (κ2) is 3.33. The van der Waals surface area contributed by atoms with Gasteiger partial charge in [0.1, 0.15) is 0 Å². The van der Waals surface area contributed by atoms with Crippen LogP contribution in [0.5, 0.6) is 0 Å². The third kappa shape index (κ3) is 2.12. The quantitative estimate of drug-likeness (QED) is 0.555. The van der Waals surface area contributed by atoms with Crippen molar-refractivity contribution in [2.45, 2.75) is 6.18 Å². The van der Waals surface area contributed by atoms with E-state index < -0.39 is 12.0 Å². The minimum atomic E-state index is -4.78.